The van der Waals surface area contributed by atoms with Crippen LogP contribution < -0.4 is 0 Å². The Kier molecular flexibility index (Phi) is 8.74. The highest BCUT2D eigenvalue weighted by Gasteiger charge is 2.25. The maximum Gasteiger partial charge on any atom is 0.389 e. The van der Waals surface area contributed by atoms with Crippen molar-refractivity contribution < 1.29 is 23.1 Å². The number of hydrogen-bond donors (Lipinski definition) is 1. The number of halogens is 3. The van der Waals surface area contributed by atoms with Gasteiger partial charge in [0.2, 0.25) is 0 Å². The van der Waals surface area contributed by atoms with Crippen molar-refractivity contribution in [2.75, 3.05) is 0 Å². The molecule has 0 heterocycles. The van der Waals surface area contributed by atoms with Crippen molar-refractivity contribution in [3.63, 3.8) is 0 Å². The summed E-state index contributed by atoms with van der Waals surface area (Å²) in [4.78, 5) is 11.3. The van der Waals surface area contributed by atoms with Gasteiger partial charge in [-0.25, -0.2) is 0 Å². The highest BCUT2D eigenvalue weighted by atomic mass is 19.4. The molecule has 2 nitrogen and oxygen atoms in total. The lowest BCUT2D eigenvalue weighted by Crippen LogP contribution is -2.11. The second-order valence-electron chi connectivity index (χ2n) is 5.93. The van der Waals surface area contributed by atoms with Crippen LogP contribution in [0.5, 0.6) is 0 Å². The quantitative estimate of drug-likeness (QED) is 0.511. The van der Waals surface area contributed by atoms with E-state index in [9.17, 15) is 23.1 Å². The van der Waals surface area contributed by atoms with Gasteiger partial charge < -0.3 is 5.11 Å². The lowest BCUT2D eigenvalue weighted by Gasteiger charge is -2.12. The van der Waals surface area contributed by atoms with Crippen molar-refractivity contribution in [2.24, 2.45) is 0 Å². The minimum absolute atomic E-state index is 0.207. The first-order valence-electron chi connectivity index (χ1n) is 8.24. The molecule has 1 rings (SSSR count). The number of carboxylic acid groups (broad SMARTS) is 1. The molecule has 0 saturated heterocycles. The van der Waals surface area contributed by atoms with Gasteiger partial charge in [-0.15, -0.1) is 0 Å². The van der Waals surface area contributed by atoms with Gasteiger partial charge in [-0.2, -0.15) is 13.2 Å². The molecule has 0 bridgehead atoms. The van der Waals surface area contributed by atoms with Crippen LogP contribution in [-0.2, 0) is 4.79 Å². The van der Waals surface area contributed by atoms with Crippen LogP contribution in [0.3, 0.4) is 0 Å². The average molecular weight is 330 g/mol. The first kappa shape index (κ1) is 19.5. The average Bonchev–Trinajstić information content (AvgIpc) is 2.48. The van der Waals surface area contributed by atoms with Crippen molar-refractivity contribution in [3.05, 3.63) is 35.9 Å². The number of carboxylic acids is 1. The zero-order valence-electron chi connectivity index (χ0n) is 13.3. The van der Waals surface area contributed by atoms with Gasteiger partial charge in [0.15, 0.2) is 0 Å². The molecule has 1 atom stereocenters. The summed E-state index contributed by atoms with van der Waals surface area (Å²) in [5.74, 6) is -1.27. The molecule has 1 aromatic carbocycles. The molecular weight excluding hydrogens is 305 g/mol. The molecule has 0 spiro atoms. The van der Waals surface area contributed by atoms with E-state index in [0.717, 1.165) is 37.7 Å². The van der Waals surface area contributed by atoms with E-state index in [4.69, 9.17) is 0 Å². The fraction of sp³-hybridized carbons (Fsp3) is 0.611. The van der Waals surface area contributed by atoms with Gasteiger partial charge in [0.25, 0.3) is 0 Å². The van der Waals surface area contributed by atoms with Crippen LogP contribution in [0.1, 0.15) is 69.3 Å². The van der Waals surface area contributed by atoms with Crippen LogP contribution in [0.15, 0.2) is 30.3 Å². The molecular formula is C18H25F3O2. The summed E-state index contributed by atoms with van der Waals surface area (Å²) in [7, 11) is 0. The fourth-order valence-corrected chi connectivity index (χ4v) is 2.68. The van der Waals surface area contributed by atoms with Gasteiger partial charge in [0.05, 0.1) is 5.92 Å². The van der Waals surface area contributed by atoms with E-state index in [0.29, 0.717) is 12.8 Å². The Morgan fingerprint density at radius 2 is 1.43 bits per heavy atom. The molecule has 0 amide bonds. The molecule has 1 aromatic rings. The van der Waals surface area contributed by atoms with E-state index in [2.05, 4.69) is 0 Å². The van der Waals surface area contributed by atoms with E-state index in [-0.39, 0.29) is 6.42 Å². The lowest BCUT2D eigenvalue weighted by atomic mass is 9.93. The number of benzene rings is 1. The predicted octanol–water partition coefficient (Wildman–Crippen LogP) is 5.93. The van der Waals surface area contributed by atoms with Gasteiger partial charge >= 0.3 is 12.1 Å². The molecule has 1 unspecified atom stereocenters. The van der Waals surface area contributed by atoms with E-state index in [1.807, 2.05) is 30.3 Å². The van der Waals surface area contributed by atoms with Crippen molar-refractivity contribution in [3.8, 4) is 0 Å². The molecule has 0 aliphatic carbocycles. The Morgan fingerprint density at radius 1 is 0.913 bits per heavy atom. The normalized spacial score (nSPS) is 13.0. The second kappa shape index (κ2) is 10.3. The number of alkyl halides is 3. The Bertz CT molecular complexity index is 443. The van der Waals surface area contributed by atoms with Gasteiger partial charge in [-0.1, -0.05) is 68.9 Å². The molecule has 5 heteroatoms. The Hall–Kier alpha value is -1.52. The molecule has 130 valence electrons. The number of unbranched alkanes of at least 4 members (excludes halogenated alkanes) is 6. The molecule has 23 heavy (non-hydrogen) atoms. The van der Waals surface area contributed by atoms with E-state index >= 15 is 0 Å². The number of hydrogen-bond acceptors (Lipinski definition) is 1. The highest BCUT2D eigenvalue weighted by molar-refractivity contribution is 5.75. The summed E-state index contributed by atoms with van der Waals surface area (Å²) < 4.78 is 35.9. The van der Waals surface area contributed by atoms with Crippen molar-refractivity contribution >= 4 is 5.97 Å². The summed E-state index contributed by atoms with van der Waals surface area (Å²) in [6, 6.07) is 9.21. The zero-order valence-corrected chi connectivity index (χ0v) is 13.3. The Morgan fingerprint density at radius 3 is 1.96 bits per heavy atom. The predicted molar refractivity (Wildman–Crippen MR) is 84.4 cm³/mol. The third-order valence-electron chi connectivity index (χ3n) is 3.95. The third-order valence-corrected chi connectivity index (χ3v) is 3.95. The van der Waals surface area contributed by atoms with Crippen LogP contribution in [0.25, 0.3) is 0 Å². The molecule has 0 radical (unpaired) electrons. The number of aliphatic carboxylic acids is 1. The van der Waals surface area contributed by atoms with Gasteiger partial charge in [-0.3, -0.25) is 4.79 Å². The van der Waals surface area contributed by atoms with Crippen LogP contribution in [0, 0.1) is 0 Å². The number of carbonyl (C=O) groups is 1. The van der Waals surface area contributed by atoms with Crippen LogP contribution >= 0.6 is 0 Å². The fourth-order valence-electron chi connectivity index (χ4n) is 2.68. The van der Waals surface area contributed by atoms with E-state index in [1.54, 1.807) is 0 Å². The SMILES string of the molecule is O=C(O)C(CCCCCCCCCC(F)(F)F)c1ccccc1. The van der Waals surface area contributed by atoms with Gasteiger partial charge in [0.1, 0.15) is 0 Å². The Balaban J connectivity index is 2.10. The molecule has 0 fully saturated rings. The van der Waals surface area contributed by atoms with Crippen LogP contribution in [0.2, 0.25) is 0 Å². The van der Waals surface area contributed by atoms with Crippen LogP contribution in [0.4, 0.5) is 13.2 Å². The summed E-state index contributed by atoms with van der Waals surface area (Å²) in [6.07, 6.45) is 1.14. The largest absolute Gasteiger partial charge is 0.481 e. The van der Waals surface area contributed by atoms with Crippen molar-refractivity contribution in [2.45, 2.75) is 69.9 Å². The maximum absolute atomic E-state index is 12.0. The monoisotopic (exact) mass is 330 g/mol. The first-order chi connectivity index (χ1) is 10.9. The minimum Gasteiger partial charge on any atom is -0.481 e. The standard InChI is InChI=1S/C18H25F3O2/c19-18(20,21)14-10-5-3-1-2-4-9-13-16(17(22)23)15-11-7-6-8-12-15/h6-8,11-12,16H,1-5,9-10,13-14H2,(H,22,23). The Labute approximate surface area is 135 Å². The maximum atomic E-state index is 12.0. The molecule has 1 N–H and O–H groups in total. The summed E-state index contributed by atoms with van der Waals surface area (Å²) in [6.45, 7) is 0. The highest BCUT2D eigenvalue weighted by Crippen LogP contribution is 2.24. The summed E-state index contributed by atoms with van der Waals surface area (Å²) in [5, 5.41) is 9.30. The topological polar surface area (TPSA) is 37.3 Å². The summed E-state index contributed by atoms with van der Waals surface area (Å²) >= 11 is 0. The lowest BCUT2D eigenvalue weighted by molar-refractivity contribution is -0.139. The van der Waals surface area contributed by atoms with Gasteiger partial charge in [0, 0.05) is 6.42 Å². The second-order valence-corrected chi connectivity index (χ2v) is 5.93. The molecule has 0 aromatic heterocycles. The van der Waals surface area contributed by atoms with E-state index < -0.39 is 24.5 Å². The van der Waals surface area contributed by atoms with Crippen LogP contribution in [-0.4, -0.2) is 17.3 Å². The van der Waals surface area contributed by atoms with Gasteiger partial charge in [-0.05, 0) is 18.4 Å². The first-order valence-corrected chi connectivity index (χ1v) is 8.24. The summed E-state index contributed by atoms with van der Waals surface area (Å²) in [5.41, 5.74) is 0.826. The minimum atomic E-state index is -4.04. The van der Waals surface area contributed by atoms with E-state index in [1.165, 1.54) is 0 Å². The molecule has 0 aliphatic rings. The smallest absolute Gasteiger partial charge is 0.389 e. The molecule has 0 saturated carbocycles. The third kappa shape index (κ3) is 9.26. The molecule has 0 aliphatic heterocycles. The number of rotatable bonds is 11. The van der Waals surface area contributed by atoms with Crippen molar-refractivity contribution in [1.29, 1.82) is 0 Å². The zero-order chi connectivity index (χ0) is 17.1. The van der Waals surface area contributed by atoms with Crippen molar-refractivity contribution in [1.82, 2.24) is 0 Å².